The number of amides is 1. The Labute approximate surface area is 197 Å². The van der Waals surface area contributed by atoms with Gasteiger partial charge in [0.15, 0.2) is 11.7 Å². The highest BCUT2D eigenvalue weighted by molar-refractivity contribution is 7.15. The number of thiazole rings is 1. The van der Waals surface area contributed by atoms with E-state index >= 15 is 0 Å². The van der Waals surface area contributed by atoms with Crippen molar-refractivity contribution in [3.05, 3.63) is 80.3 Å². The average Bonchev–Trinajstić information content (AvgIpc) is 3.20. The number of halogens is 2. The van der Waals surface area contributed by atoms with E-state index in [1.807, 2.05) is 6.07 Å². The van der Waals surface area contributed by atoms with Crippen molar-refractivity contribution in [2.24, 2.45) is 0 Å². The molecule has 10 heteroatoms. The minimum absolute atomic E-state index is 0.112. The van der Waals surface area contributed by atoms with E-state index in [0.29, 0.717) is 32.9 Å². The molecule has 0 aliphatic heterocycles. The third-order valence-electron chi connectivity index (χ3n) is 4.06. The normalized spacial score (nSPS) is 11.0. The molecule has 0 bridgehead atoms. The number of nitrogens with one attached hydrogen (secondary N) is 1. The molecule has 1 amide bonds. The summed E-state index contributed by atoms with van der Waals surface area (Å²) in [7, 11) is 0. The van der Waals surface area contributed by atoms with E-state index in [9.17, 15) is 14.9 Å². The summed E-state index contributed by atoms with van der Waals surface area (Å²) in [5.41, 5.74) is 1.31. The van der Waals surface area contributed by atoms with Gasteiger partial charge in [-0.15, -0.1) is 11.3 Å². The highest BCUT2D eigenvalue weighted by Crippen LogP contribution is 2.27. The molecule has 0 fully saturated rings. The van der Waals surface area contributed by atoms with Gasteiger partial charge in [-0.3, -0.25) is 10.1 Å². The summed E-state index contributed by atoms with van der Waals surface area (Å²) in [6.45, 7) is -0.458. The number of anilines is 1. The van der Waals surface area contributed by atoms with Gasteiger partial charge < -0.3 is 9.84 Å². The van der Waals surface area contributed by atoms with Crippen LogP contribution in [0.15, 0.2) is 54.2 Å². The Morgan fingerprint density at radius 2 is 1.97 bits per heavy atom. The molecule has 32 heavy (non-hydrogen) atoms. The Balaban J connectivity index is 1.66. The fourth-order valence-corrected chi connectivity index (χ4v) is 3.81. The topological polar surface area (TPSA) is 112 Å². The zero-order valence-electron chi connectivity index (χ0n) is 16.3. The molecule has 7 nitrogen and oxygen atoms in total. The van der Waals surface area contributed by atoms with Gasteiger partial charge in [-0.1, -0.05) is 35.3 Å². The molecule has 162 valence electrons. The van der Waals surface area contributed by atoms with Gasteiger partial charge in [0.25, 0.3) is 5.91 Å². The lowest BCUT2D eigenvalue weighted by Gasteiger charge is -2.04. The van der Waals surface area contributed by atoms with Gasteiger partial charge in [0.1, 0.15) is 17.4 Å². The fourth-order valence-electron chi connectivity index (χ4n) is 2.60. The van der Waals surface area contributed by atoms with Crippen LogP contribution in [0.4, 0.5) is 5.13 Å². The van der Waals surface area contributed by atoms with Crippen LogP contribution < -0.4 is 10.1 Å². The number of carboxylic acid groups (broad SMARTS) is 1. The van der Waals surface area contributed by atoms with E-state index in [4.69, 9.17) is 33.0 Å². The Morgan fingerprint density at radius 3 is 2.66 bits per heavy atom. The first-order chi connectivity index (χ1) is 15.3. The van der Waals surface area contributed by atoms with Gasteiger partial charge in [0.05, 0.1) is 0 Å². The van der Waals surface area contributed by atoms with Crippen LogP contribution in [0.3, 0.4) is 0 Å². The van der Waals surface area contributed by atoms with Crippen LogP contribution in [-0.4, -0.2) is 28.6 Å². The van der Waals surface area contributed by atoms with Crippen molar-refractivity contribution in [1.82, 2.24) is 4.98 Å². The molecule has 0 spiro atoms. The molecular weight excluding hydrogens is 473 g/mol. The van der Waals surface area contributed by atoms with Crippen molar-refractivity contribution < 1.29 is 19.4 Å². The number of aliphatic carboxylic acids is 1. The zero-order chi connectivity index (χ0) is 23.1. The summed E-state index contributed by atoms with van der Waals surface area (Å²) in [5.74, 6) is -1.32. The van der Waals surface area contributed by atoms with E-state index in [0.717, 1.165) is 10.4 Å². The Bertz CT molecular complexity index is 1220. The van der Waals surface area contributed by atoms with Crippen LogP contribution in [0.5, 0.6) is 5.75 Å². The lowest BCUT2D eigenvalue weighted by molar-refractivity contribution is -0.139. The highest BCUT2D eigenvalue weighted by atomic mass is 35.5. The van der Waals surface area contributed by atoms with Crippen LogP contribution in [-0.2, 0) is 16.0 Å². The lowest BCUT2D eigenvalue weighted by Crippen LogP contribution is -2.13. The van der Waals surface area contributed by atoms with Gasteiger partial charge in [-0.05, 0) is 47.5 Å². The molecule has 1 heterocycles. The van der Waals surface area contributed by atoms with Crippen molar-refractivity contribution in [3.63, 3.8) is 0 Å². The van der Waals surface area contributed by atoms with Crippen molar-refractivity contribution >= 4 is 57.6 Å². The van der Waals surface area contributed by atoms with E-state index in [-0.39, 0.29) is 5.57 Å². The number of benzene rings is 2. The number of nitriles is 1. The molecule has 3 rings (SSSR count). The summed E-state index contributed by atoms with van der Waals surface area (Å²) < 4.78 is 5.05. The molecule has 1 aromatic heterocycles. The minimum atomic E-state index is -1.08. The van der Waals surface area contributed by atoms with Crippen LogP contribution in [0.25, 0.3) is 6.08 Å². The number of carbonyl (C=O) groups excluding carboxylic acids is 1. The molecule has 0 saturated carbocycles. The Kier molecular flexibility index (Phi) is 7.84. The van der Waals surface area contributed by atoms with Crippen LogP contribution >= 0.6 is 34.5 Å². The number of ether oxygens (including phenoxy) is 1. The predicted molar refractivity (Wildman–Crippen MR) is 123 cm³/mol. The van der Waals surface area contributed by atoms with Gasteiger partial charge >= 0.3 is 5.97 Å². The molecule has 0 unspecified atom stereocenters. The number of rotatable bonds is 8. The van der Waals surface area contributed by atoms with Crippen molar-refractivity contribution in [3.8, 4) is 11.8 Å². The molecule has 0 radical (unpaired) electrons. The number of hydrogen-bond donors (Lipinski definition) is 2. The average molecular weight is 488 g/mol. The summed E-state index contributed by atoms with van der Waals surface area (Å²) in [4.78, 5) is 28.1. The Hall–Kier alpha value is -3.38. The second kappa shape index (κ2) is 10.8. The van der Waals surface area contributed by atoms with Gasteiger partial charge in [0.2, 0.25) is 0 Å². The summed E-state index contributed by atoms with van der Waals surface area (Å²) in [6, 6.07) is 13.4. The molecular formula is C22H15Cl2N3O4S. The molecule has 0 atom stereocenters. The summed E-state index contributed by atoms with van der Waals surface area (Å²) >= 11 is 13.5. The number of carbonyl (C=O) groups is 2. The Morgan fingerprint density at radius 1 is 1.22 bits per heavy atom. The molecule has 0 aliphatic rings. The largest absolute Gasteiger partial charge is 0.482 e. The van der Waals surface area contributed by atoms with Crippen LogP contribution in [0.1, 0.15) is 16.0 Å². The van der Waals surface area contributed by atoms with Crippen LogP contribution in [0, 0.1) is 11.3 Å². The third-order valence-corrected chi connectivity index (χ3v) is 5.58. The second-order valence-corrected chi connectivity index (χ2v) is 8.38. The maximum absolute atomic E-state index is 12.5. The predicted octanol–water partition coefficient (Wildman–Crippen LogP) is 5.05. The molecule has 2 N–H and O–H groups in total. The van der Waals surface area contributed by atoms with Gasteiger partial charge in [0, 0.05) is 27.5 Å². The highest BCUT2D eigenvalue weighted by Gasteiger charge is 2.13. The quantitative estimate of drug-likeness (QED) is 0.339. The zero-order valence-corrected chi connectivity index (χ0v) is 18.7. The van der Waals surface area contributed by atoms with E-state index in [1.165, 1.54) is 17.4 Å². The summed E-state index contributed by atoms with van der Waals surface area (Å²) in [5, 5.41) is 22.1. The monoisotopic (exact) mass is 487 g/mol. The first-order valence-corrected chi connectivity index (χ1v) is 10.7. The standard InChI is InChI=1S/C22H15Cl2N3O4S/c23-16-3-6-19(24)14(8-16)9-18-11-26-22(32-18)27-21(30)15(10-25)7-13-1-4-17(5-2-13)31-12-20(28)29/h1-8,11H,9,12H2,(H,28,29)(H,26,27,30)/b15-7+. The first kappa shape index (κ1) is 23.3. The third kappa shape index (κ3) is 6.56. The van der Waals surface area contributed by atoms with E-state index in [2.05, 4.69) is 10.3 Å². The fraction of sp³-hybridized carbons (Fsp3) is 0.0909. The van der Waals surface area contributed by atoms with Gasteiger partial charge in [-0.25, -0.2) is 9.78 Å². The molecule has 3 aromatic rings. The number of carboxylic acids is 1. The lowest BCUT2D eigenvalue weighted by atomic mass is 10.1. The SMILES string of the molecule is N#C/C(=C\c1ccc(OCC(=O)O)cc1)C(=O)Nc1ncc(Cc2cc(Cl)ccc2Cl)s1. The first-order valence-electron chi connectivity index (χ1n) is 9.10. The van der Waals surface area contributed by atoms with Gasteiger partial charge in [-0.2, -0.15) is 5.26 Å². The van der Waals surface area contributed by atoms with E-state index in [1.54, 1.807) is 48.7 Å². The number of aromatic nitrogens is 1. The van der Waals surface area contributed by atoms with Crippen molar-refractivity contribution in [2.45, 2.75) is 6.42 Å². The summed E-state index contributed by atoms with van der Waals surface area (Å²) in [6.07, 6.45) is 3.55. The molecule has 0 aliphatic carbocycles. The molecule has 0 saturated heterocycles. The van der Waals surface area contributed by atoms with Crippen molar-refractivity contribution in [2.75, 3.05) is 11.9 Å². The number of hydrogen-bond acceptors (Lipinski definition) is 6. The maximum Gasteiger partial charge on any atom is 0.341 e. The minimum Gasteiger partial charge on any atom is -0.482 e. The van der Waals surface area contributed by atoms with Crippen LogP contribution in [0.2, 0.25) is 10.0 Å². The number of nitrogens with zero attached hydrogens (tertiary/aromatic N) is 2. The molecule has 2 aromatic carbocycles. The second-order valence-electron chi connectivity index (χ2n) is 6.42. The maximum atomic E-state index is 12.5. The van der Waals surface area contributed by atoms with Crippen molar-refractivity contribution in [1.29, 1.82) is 5.26 Å². The smallest absolute Gasteiger partial charge is 0.341 e. The van der Waals surface area contributed by atoms with E-state index < -0.39 is 18.5 Å².